The molecular formula is C15H19N3O. The van der Waals surface area contributed by atoms with E-state index in [1.807, 2.05) is 13.0 Å². The summed E-state index contributed by atoms with van der Waals surface area (Å²) in [4.78, 5) is 2.46. The molecule has 3 rings (SSSR count). The zero-order valence-corrected chi connectivity index (χ0v) is 11.2. The van der Waals surface area contributed by atoms with Crippen molar-refractivity contribution in [1.29, 1.82) is 0 Å². The Balaban J connectivity index is 1.77. The number of benzene rings is 1. The van der Waals surface area contributed by atoms with Gasteiger partial charge >= 0.3 is 0 Å². The molecule has 1 N–H and O–H groups in total. The minimum atomic E-state index is 0.409. The second kappa shape index (κ2) is 5.55. The third kappa shape index (κ3) is 2.85. The Hall–Kier alpha value is -1.65. The standard InChI is InChI=1S/C15H19N3O/c1-12-9-14(17-19-12)11-18-8-7-16-10-15(18)13-5-3-2-4-6-13/h2-6,9,15-16H,7-8,10-11H2,1H3. The van der Waals surface area contributed by atoms with E-state index in [-0.39, 0.29) is 0 Å². The maximum atomic E-state index is 5.15. The summed E-state index contributed by atoms with van der Waals surface area (Å²) in [6, 6.07) is 13.1. The zero-order valence-electron chi connectivity index (χ0n) is 11.2. The third-order valence-electron chi connectivity index (χ3n) is 3.58. The van der Waals surface area contributed by atoms with E-state index < -0.39 is 0 Å². The van der Waals surface area contributed by atoms with Gasteiger partial charge in [0.1, 0.15) is 5.76 Å². The lowest BCUT2D eigenvalue weighted by Gasteiger charge is -2.36. The fraction of sp³-hybridized carbons (Fsp3) is 0.400. The molecular weight excluding hydrogens is 238 g/mol. The number of hydrogen-bond donors (Lipinski definition) is 1. The zero-order chi connectivity index (χ0) is 13.1. The number of nitrogens with zero attached hydrogens (tertiary/aromatic N) is 2. The van der Waals surface area contributed by atoms with E-state index in [0.29, 0.717) is 6.04 Å². The number of aryl methyl sites for hydroxylation is 1. The molecule has 2 aromatic rings. The van der Waals surface area contributed by atoms with Gasteiger partial charge in [0.15, 0.2) is 0 Å². The largest absolute Gasteiger partial charge is 0.361 e. The fourth-order valence-electron chi connectivity index (χ4n) is 2.64. The van der Waals surface area contributed by atoms with Gasteiger partial charge in [-0.05, 0) is 12.5 Å². The van der Waals surface area contributed by atoms with Crippen molar-refractivity contribution >= 4 is 0 Å². The summed E-state index contributed by atoms with van der Waals surface area (Å²) in [6.45, 7) is 5.83. The van der Waals surface area contributed by atoms with Crippen molar-refractivity contribution in [3.8, 4) is 0 Å². The van der Waals surface area contributed by atoms with Crippen molar-refractivity contribution in [1.82, 2.24) is 15.4 Å². The van der Waals surface area contributed by atoms with Gasteiger partial charge in [-0.2, -0.15) is 0 Å². The molecule has 1 aromatic heterocycles. The average molecular weight is 257 g/mol. The lowest BCUT2D eigenvalue weighted by molar-refractivity contribution is 0.150. The minimum absolute atomic E-state index is 0.409. The van der Waals surface area contributed by atoms with E-state index in [1.165, 1.54) is 5.56 Å². The molecule has 0 aliphatic carbocycles. The molecule has 1 aliphatic rings. The van der Waals surface area contributed by atoms with Gasteiger partial charge in [-0.3, -0.25) is 4.90 Å². The van der Waals surface area contributed by atoms with Crippen LogP contribution in [-0.2, 0) is 6.54 Å². The summed E-state index contributed by atoms with van der Waals surface area (Å²) < 4.78 is 5.15. The molecule has 1 atom stereocenters. The van der Waals surface area contributed by atoms with Crippen LogP contribution in [0.2, 0.25) is 0 Å². The molecule has 4 heteroatoms. The molecule has 4 nitrogen and oxygen atoms in total. The highest BCUT2D eigenvalue weighted by atomic mass is 16.5. The summed E-state index contributed by atoms with van der Waals surface area (Å²) in [6.07, 6.45) is 0. The average Bonchev–Trinajstić information content (AvgIpc) is 2.86. The summed E-state index contributed by atoms with van der Waals surface area (Å²) in [7, 11) is 0. The van der Waals surface area contributed by atoms with Crippen LogP contribution in [-0.4, -0.2) is 29.7 Å². The molecule has 0 radical (unpaired) electrons. The molecule has 0 spiro atoms. The second-order valence-corrected chi connectivity index (χ2v) is 5.03. The first-order chi connectivity index (χ1) is 9.33. The first-order valence-corrected chi connectivity index (χ1v) is 6.75. The highest BCUT2D eigenvalue weighted by molar-refractivity contribution is 5.20. The lowest BCUT2D eigenvalue weighted by Crippen LogP contribution is -2.45. The van der Waals surface area contributed by atoms with Crippen molar-refractivity contribution in [2.24, 2.45) is 0 Å². The van der Waals surface area contributed by atoms with E-state index >= 15 is 0 Å². The van der Waals surface area contributed by atoms with E-state index in [2.05, 4.69) is 45.7 Å². The maximum absolute atomic E-state index is 5.15. The van der Waals surface area contributed by atoms with Crippen LogP contribution in [0.25, 0.3) is 0 Å². The van der Waals surface area contributed by atoms with Crippen LogP contribution in [0.1, 0.15) is 23.1 Å². The topological polar surface area (TPSA) is 41.3 Å². The van der Waals surface area contributed by atoms with Crippen LogP contribution in [0.4, 0.5) is 0 Å². The minimum Gasteiger partial charge on any atom is -0.361 e. The summed E-state index contributed by atoms with van der Waals surface area (Å²) in [5.74, 6) is 0.876. The van der Waals surface area contributed by atoms with Crippen LogP contribution in [0.5, 0.6) is 0 Å². The Bertz CT molecular complexity index is 523. The van der Waals surface area contributed by atoms with E-state index in [1.54, 1.807) is 0 Å². The van der Waals surface area contributed by atoms with Gasteiger partial charge in [0.05, 0.1) is 5.69 Å². The van der Waals surface area contributed by atoms with Crippen molar-refractivity contribution in [3.05, 3.63) is 53.4 Å². The quantitative estimate of drug-likeness (QED) is 0.914. The molecule has 1 unspecified atom stereocenters. The summed E-state index contributed by atoms with van der Waals surface area (Å²) in [5.41, 5.74) is 2.37. The molecule has 0 bridgehead atoms. The number of piperazine rings is 1. The van der Waals surface area contributed by atoms with Crippen molar-refractivity contribution < 1.29 is 4.52 Å². The molecule has 1 aliphatic heterocycles. The molecule has 0 saturated carbocycles. The highest BCUT2D eigenvalue weighted by Gasteiger charge is 2.24. The fourth-order valence-corrected chi connectivity index (χ4v) is 2.64. The number of hydrogen-bond acceptors (Lipinski definition) is 4. The Labute approximate surface area is 113 Å². The van der Waals surface area contributed by atoms with Gasteiger partial charge < -0.3 is 9.84 Å². The Morgan fingerprint density at radius 3 is 2.95 bits per heavy atom. The molecule has 100 valence electrons. The summed E-state index contributed by atoms with van der Waals surface area (Å²) in [5, 5.41) is 7.57. The number of nitrogens with one attached hydrogen (secondary N) is 1. The van der Waals surface area contributed by atoms with Gasteiger partial charge in [-0.15, -0.1) is 0 Å². The second-order valence-electron chi connectivity index (χ2n) is 5.03. The first-order valence-electron chi connectivity index (χ1n) is 6.75. The van der Waals surface area contributed by atoms with Crippen LogP contribution >= 0.6 is 0 Å². The maximum Gasteiger partial charge on any atom is 0.133 e. The van der Waals surface area contributed by atoms with Crippen LogP contribution < -0.4 is 5.32 Å². The normalized spacial score (nSPS) is 20.6. The molecule has 1 saturated heterocycles. The predicted molar refractivity (Wildman–Crippen MR) is 73.7 cm³/mol. The van der Waals surface area contributed by atoms with Crippen LogP contribution in [0.3, 0.4) is 0 Å². The summed E-state index contributed by atoms with van der Waals surface area (Å²) >= 11 is 0. The molecule has 1 fully saturated rings. The Morgan fingerprint density at radius 2 is 2.21 bits per heavy atom. The van der Waals surface area contributed by atoms with Gasteiger partial charge in [-0.25, -0.2) is 0 Å². The smallest absolute Gasteiger partial charge is 0.133 e. The van der Waals surface area contributed by atoms with Crippen molar-refractivity contribution in [2.45, 2.75) is 19.5 Å². The van der Waals surface area contributed by atoms with Crippen molar-refractivity contribution in [3.63, 3.8) is 0 Å². The van der Waals surface area contributed by atoms with Gasteiger partial charge in [0, 0.05) is 38.3 Å². The van der Waals surface area contributed by atoms with E-state index in [4.69, 9.17) is 4.52 Å². The molecule has 0 amide bonds. The van der Waals surface area contributed by atoms with Gasteiger partial charge in [0.25, 0.3) is 0 Å². The number of aromatic nitrogens is 1. The molecule has 2 heterocycles. The lowest BCUT2D eigenvalue weighted by atomic mass is 10.0. The highest BCUT2D eigenvalue weighted by Crippen LogP contribution is 2.23. The van der Waals surface area contributed by atoms with Crippen LogP contribution in [0, 0.1) is 6.92 Å². The molecule has 19 heavy (non-hydrogen) atoms. The van der Waals surface area contributed by atoms with E-state index in [9.17, 15) is 0 Å². The van der Waals surface area contributed by atoms with Gasteiger partial charge in [-0.1, -0.05) is 35.5 Å². The first kappa shape index (κ1) is 12.4. The SMILES string of the molecule is Cc1cc(CN2CCNCC2c2ccccc2)no1. The van der Waals surface area contributed by atoms with Crippen LogP contribution in [0.15, 0.2) is 40.9 Å². The van der Waals surface area contributed by atoms with Crippen molar-refractivity contribution in [2.75, 3.05) is 19.6 Å². The Morgan fingerprint density at radius 1 is 1.37 bits per heavy atom. The Kier molecular flexibility index (Phi) is 3.62. The molecule has 1 aromatic carbocycles. The van der Waals surface area contributed by atoms with Gasteiger partial charge in [0.2, 0.25) is 0 Å². The predicted octanol–water partition coefficient (Wildman–Crippen LogP) is 2.13. The number of rotatable bonds is 3. The third-order valence-corrected chi connectivity index (χ3v) is 3.58. The van der Waals surface area contributed by atoms with E-state index in [0.717, 1.165) is 37.6 Å². The monoisotopic (exact) mass is 257 g/mol.